The molecule has 0 bridgehead atoms. The number of benzene rings is 4. The molecule has 1 aliphatic rings. The highest BCUT2D eigenvalue weighted by Gasteiger charge is 2.36. The van der Waals surface area contributed by atoms with Gasteiger partial charge in [0.25, 0.3) is 0 Å². The second-order valence-electron chi connectivity index (χ2n) is 13.3. The van der Waals surface area contributed by atoms with Gasteiger partial charge in [-0.3, -0.25) is 0 Å². The smallest absolute Gasteiger partial charge is 0.424 e. The molecule has 0 saturated carbocycles. The van der Waals surface area contributed by atoms with Gasteiger partial charge in [0, 0.05) is 28.7 Å². The molecule has 0 saturated heterocycles. The third kappa shape index (κ3) is 11.6. The third-order valence-electron chi connectivity index (χ3n) is 8.47. The lowest BCUT2D eigenvalue weighted by atomic mass is 9.82. The number of esters is 4. The van der Waals surface area contributed by atoms with Gasteiger partial charge < -0.3 is 37.9 Å². The Balaban J connectivity index is 1.12. The summed E-state index contributed by atoms with van der Waals surface area (Å²) in [6.07, 6.45) is 3.47. The first-order chi connectivity index (χ1) is 28.1. The van der Waals surface area contributed by atoms with Gasteiger partial charge in [-0.05, 0) is 108 Å². The molecule has 59 heavy (non-hydrogen) atoms. The number of ether oxygens (including phenoxy) is 8. The van der Waals surface area contributed by atoms with Crippen LogP contribution in [0.1, 0.15) is 49.9 Å². The van der Waals surface area contributed by atoms with Crippen LogP contribution in [0.25, 0.3) is 23.3 Å². The van der Waals surface area contributed by atoms with Gasteiger partial charge in [-0.25, -0.2) is 28.8 Å². The number of hydrogen-bond acceptors (Lipinski definition) is 14. The van der Waals surface area contributed by atoms with E-state index in [2.05, 4.69) is 22.6 Å². The van der Waals surface area contributed by atoms with Crippen LogP contribution in [0.4, 0.5) is 9.59 Å². The minimum atomic E-state index is -1.07. The summed E-state index contributed by atoms with van der Waals surface area (Å²) in [7, 11) is 0. The van der Waals surface area contributed by atoms with Crippen molar-refractivity contribution in [2.45, 2.75) is 33.1 Å². The molecule has 0 amide bonds. The van der Waals surface area contributed by atoms with Crippen LogP contribution in [-0.2, 0) is 43.5 Å². The molecule has 0 aliphatic heterocycles. The Morgan fingerprint density at radius 3 is 1.22 bits per heavy atom. The van der Waals surface area contributed by atoms with Crippen LogP contribution in [0.5, 0.6) is 23.0 Å². The van der Waals surface area contributed by atoms with Gasteiger partial charge >= 0.3 is 36.2 Å². The Morgan fingerprint density at radius 1 is 0.508 bits per heavy atom. The van der Waals surface area contributed by atoms with Crippen molar-refractivity contribution in [2.24, 2.45) is 0 Å². The van der Waals surface area contributed by atoms with Crippen LogP contribution in [0, 0.1) is 0 Å². The summed E-state index contributed by atoms with van der Waals surface area (Å²) < 4.78 is 40.0. The van der Waals surface area contributed by atoms with E-state index in [-0.39, 0.29) is 22.6 Å². The normalized spacial score (nSPS) is 12.1. The number of carbonyl (C=O) groups excluding carboxylic acids is 6. The summed E-state index contributed by atoms with van der Waals surface area (Å²) in [5.41, 5.74) is 4.76. The van der Waals surface area contributed by atoms with Crippen molar-refractivity contribution >= 4 is 48.3 Å². The van der Waals surface area contributed by atoms with Gasteiger partial charge in [-0.1, -0.05) is 63.4 Å². The van der Waals surface area contributed by atoms with E-state index >= 15 is 0 Å². The number of hydrogen-bond donors (Lipinski definition) is 0. The summed E-state index contributed by atoms with van der Waals surface area (Å²) in [6, 6.07) is 23.2. The molecule has 4 aromatic rings. The summed E-state index contributed by atoms with van der Waals surface area (Å²) in [5, 5.41) is 0. The molecule has 0 radical (unpaired) electrons. The molecular weight excluding hydrogens is 764 g/mol. The topological polar surface area (TPSA) is 176 Å². The van der Waals surface area contributed by atoms with Crippen molar-refractivity contribution < 1.29 is 66.7 Å². The maximum atomic E-state index is 12.8. The lowest BCUT2D eigenvalue weighted by Crippen LogP contribution is -2.16. The van der Waals surface area contributed by atoms with Crippen LogP contribution < -0.4 is 18.9 Å². The van der Waals surface area contributed by atoms with Crippen LogP contribution in [0.15, 0.2) is 121 Å². The lowest BCUT2D eigenvalue weighted by Gasteiger charge is -2.22. The molecule has 0 spiro atoms. The Bertz CT molecular complexity index is 2200. The number of carbonyl (C=O) groups is 6. The van der Waals surface area contributed by atoms with Gasteiger partial charge in [0.2, 0.25) is 13.6 Å². The fourth-order valence-corrected chi connectivity index (χ4v) is 5.51. The van der Waals surface area contributed by atoms with Crippen molar-refractivity contribution in [3.8, 4) is 34.1 Å². The van der Waals surface area contributed by atoms with E-state index in [0.717, 1.165) is 22.3 Å². The van der Waals surface area contributed by atoms with Crippen LogP contribution in [-0.4, -0.2) is 49.8 Å². The van der Waals surface area contributed by atoms with Gasteiger partial charge in [0.05, 0.1) is 0 Å². The van der Waals surface area contributed by atoms with Gasteiger partial charge in [0.15, 0.2) is 0 Å². The van der Waals surface area contributed by atoms with Crippen molar-refractivity contribution in [3.05, 3.63) is 144 Å². The van der Waals surface area contributed by atoms with Crippen molar-refractivity contribution in [2.75, 3.05) is 13.6 Å². The molecule has 0 N–H and O–H groups in total. The van der Waals surface area contributed by atoms with E-state index in [0.29, 0.717) is 22.6 Å². The fourth-order valence-electron chi connectivity index (χ4n) is 5.51. The number of fused-ring (bicyclic) bond motifs is 3. The third-order valence-corrected chi connectivity index (χ3v) is 8.47. The molecule has 14 nitrogen and oxygen atoms in total. The summed E-state index contributed by atoms with van der Waals surface area (Å²) in [5.74, 6) is -1.61. The number of rotatable bonds is 14. The lowest BCUT2D eigenvalue weighted by molar-refractivity contribution is -0.148. The Morgan fingerprint density at radius 2 is 0.864 bits per heavy atom. The minimum Gasteiger partial charge on any atom is -0.424 e. The first-order valence-electron chi connectivity index (χ1n) is 17.7. The monoisotopic (exact) mass is 802 g/mol. The summed E-state index contributed by atoms with van der Waals surface area (Å²) >= 11 is 0. The van der Waals surface area contributed by atoms with E-state index in [1.807, 2.05) is 26.0 Å². The van der Waals surface area contributed by atoms with Gasteiger partial charge in [0.1, 0.15) is 23.0 Å². The first kappa shape index (κ1) is 42.4. The highest BCUT2D eigenvalue weighted by molar-refractivity contribution is 5.91. The molecule has 0 aromatic heterocycles. The molecule has 4 aromatic carbocycles. The summed E-state index contributed by atoms with van der Waals surface area (Å²) in [4.78, 5) is 71.9. The van der Waals surface area contributed by atoms with E-state index in [1.54, 1.807) is 48.5 Å². The second kappa shape index (κ2) is 18.9. The Hall–Kier alpha value is -7.74. The van der Waals surface area contributed by atoms with Crippen LogP contribution in [0.3, 0.4) is 0 Å². The largest absolute Gasteiger partial charge is 0.516 e. The molecule has 5 rings (SSSR count). The van der Waals surface area contributed by atoms with Gasteiger partial charge in [-0.2, -0.15) is 0 Å². The first-order valence-corrected chi connectivity index (χ1v) is 17.7. The van der Waals surface area contributed by atoms with Crippen LogP contribution >= 0.6 is 0 Å². The molecule has 0 fully saturated rings. The maximum Gasteiger partial charge on any atom is 0.516 e. The average Bonchev–Trinajstić information content (AvgIpc) is 3.41. The fraction of sp³-hybridized carbons (Fsp3) is 0.156. The summed E-state index contributed by atoms with van der Waals surface area (Å²) in [6.45, 7) is 12.6. The quantitative estimate of drug-likeness (QED) is 0.0390. The van der Waals surface area contributed by atoms with Crippen molar-refractivity contribution in [3.63, 3.8) is 0 Å². The molecule has 302 valence electrons. The molecule has 0 unspecified atom stereocenters. The van der Waals surface area contributed by atoms with E-state index in [4.69, 9.17) is 28.4 Å². The molecule has 0 heterocycles. The van der Waals surface area contributed by atoms with Crippen LogP contribution in [0.2, 0.25) is 0 Å². The van der Waals surface area contributed by atoms with Gasteiger partial charge in [-0.15, -0.1) is 0 Å². The zero-order chi connectivity index (χ0) is 42.7. The zero-order valence-corrected chi connectivity index (χ0v) is 32.4. The minimum absolute atomic E-state index is 0.158. The van der Waals surface area contributed by atoms with E-state index in [1.165, 1.54) is 62.4 Å². The second-order valence-corrected chi connectivity index (χ2v) is 13.3. The maximum absolute atomic E-state index is 12.8. The predicted molar refractivity (Wildman–Crippen MR) is 212 cm³/mol. The molecule has 0 atom stereocenters. The predicted octanol–water partition coefficient (Wildman–Crippen LogP) is 8.41. The Kier molecular flexibility index (Phi) is 13.6. The van der Waals surface area contributed by atoms with E-state index < -0.39 is 55.2 Å². The SMILES string of the molecule is C=C(C)C(=O)OCOC(=O)Oc1ccc(/C=C/C(=O)Oc2ccc3c(c2)C(C)(C)c2cc(OC(=O)/C=C/c4ccc(OC(=O)OCOC(=O)C(=C)C)cc4)ccc2-3)cc1. The molecular formula is C45H38O14. The average molecular weight is 803 g/mol. The highest BCUT2D eigenvalue weighted by atomic mass is 16.8. The highest BCUT2D eigenvalue weighted by Crippen LogP contribution is 2.50. The van der Waals surface area contributed by atoms with Crippen molar-refractivity contribution in [1.29, 1.82) is 0 Å². The van der Waals surface area contributed by atoms with Crippen molar-refractivity contribution in [1.82, 2.24) is 0 Å². The Labute approximate surface area is 338 Å². The molecule has 14 heteroatoms. The van der Waals surface area contributed by atoms with E-state index in [9.17, 15) is 28.8 Å². The molecule has 1 aliphatic carbocycles. The standard InChI is InChI=1S/C45H38O14/c1-27(2)41(48)52-25-54-43(50)58-31-13-7-29(8-14-31)11-21-39(46)56-33-17-19-35-36-20-18-34(24-38(36)45(5,6)37(35)23-33)57-40(47)22-12-30-9-15-32(16-10-30)59-44(51)55-26-53-42(49)28(3)4/h7-24H,1,3,25-26H2,2,4-6H3/b21-11+,22-12+. The zero-order valence-electron chi connectivity index (χ0n) is 32.4.